The third kappa shape index (κ3) is 10.3. The molecule has 11 heteroatoms. The number of non-ortho nitro benzene ring substituents is 1. The largest absolute Gasteiger partial charge is 0.388 e. The van der Waals surface area contributed by atoms with Crippen LogP contribution >= 0.6 is 0 Å². The molecule has 4 aromatic carbocycles. The van der Waals surface area contributed by atoms with Crippen LogP contribution in [0.3, 0.4) is 0 Å². The molecule has 232 valence electrons. The minimum absolute atomic E-state index is 0.0337. The van der Waals surface area contributed by atoms with Gasteiger partial charge in [-0.3, -0.25) is 10.1 Å². The summed E-state index contributed by atoms with van der Waals surface area (Å²) in [6.45, 7) is 0.633. The van der Waals surface area contributed by atoms with Crippen molar-refractivity contribution in [2.24, 2.45) is 0 Å². The highest BCUT2D eigenvalue weighted by molar-refractivity contribution is 7.89. The van der Waals surface area contributed by atoms with Crippen molar-refractivity contribution in [3.63, 3.8) is 0 Å². The van der Waals surface area contributed by atoms with E-state index in [1.165, 1.54) is 12.1 Å². The van der Waals surface area contributed by atoms with Crippen LogP contribution in [0.4, 0.5) is 5.69 Å². The first-order valence-corrected chi connectivity index (χ1v) is 15.6. The second kappa shape index (κ2) is 16.8. The van der Waals surface area contributed by atoms with Crippen molar-refractivity contribution in [1.82, 2.24) is 4.72 Å². The van der Waals surface area contributed by atoms with Crippen LogP contribution in [-0.2, 0) is 44.1 Å². The van der Waals surface area contributed by atoms with Crippen molar-refractivity contribution in [1.29, 1.82) is 0 Å². The van der Waals surface area contributed by atoms with Crippen LogP contribution in [0, 0.1) is 10.1 Å². The van der Waals surface area contributed by atoms with Crippen molar-refractivity contribution in [3.8, 4) is 0 Å². The SMILES string of the molecule is O=[N+]([O-])c1ccc(S(=O)(=O)NCC[C@@H](OCc2ccccc2)[C@H](OCc2ccccc2)[C@H](O)COCc2ccccc2)cc1. The second-order valence-corrected chi connectivity index (χ2v) is 11.9. The Hall–Kier alpha value is -3.97. The maximum Gasteiger partial charge on any atom is 0.269 e. The summed E-state index contributed by atoms with van der Waals surface area (Å²) in [5, 5.41) is 22.3. The Bertz CT molecular complexity index is 1520. The van der Waals surface area contributed by atoms with Gasteiger partial charge in [0.05, 0.1) is 42.4 Å². The van der Waals surface area contributed by atoms with Gasteiger partial charge in [-0.25, -0.2) is 13.1 Å². The normalized spacial score (nSPS) is 13.7. The van der Waals surface area contributed by atoms with Gasteiger partial charge in [-0.15, -0.1) is 0 Å². The molecule has 0 amide bonds. The number of sulfonamides is 1. The third-order valence-electron chi connectivity index (χ3n) is 6.82. The van der Waals surface area contributed by atoms with E-state index in [9.17, 15) is 23.6 Å². The van der Waals surface area contributed by atoms with E-state index in [1.807, 2.05) is 91.0 Å². The Kier molecular flexibility index (Phi) is 12.5. The third-order valence-corrected chi connectivity index (χ3v) is 8.29. The van der Waals surface area contributed by atoms with Gasteiger partial charge in [-0.1, -0.05) is 91.0 Å². The van der Waals surface area contributed by atoms with E-state index in [-0.39, 0.29) is 43.4 Å². The van der Waals surface area contributed by atoms with Crippen LogP contribution in [0.1, 0.15) is 23.1 Å². The monoisotopic (exact) mass is 620 g/mol. The number of ether oxygens (including phenoxy) is 3. The lowest BCUT2D eigenvalue weighted by atomic mass is 10.0. The highest BCUT2D eigenvalue weighted by atomic mass is 32.2. The van der Waals surface area contributed by atoms with Gasteiger partial charge in [0.15, 0.2) is 0 Å². The number of nitro groups is 1. The summed E-state index contributed by atoms with van der Waals surface area (Å²) >= 11 is 0. The molecular weight excluding hydrogens is 584 g/mol. The van der Waals surface area contributed by atoms with E-state index in [0.29, 0.717) is 6.61 Å². The van der Waals surface area contributed by atoms with E-state index in [4.69, 9.17) is 14.2 Å². The molecule has 0 saturated heterocycles. The lowest BCUT2D eigenvalue weighted by Gasteiger charge is -2.31. The highest BCUT2D eigenvalue weighted by Crippen LogP contribution is 2.20. The van der Waals surface area contributed by atoms with Crippen LogP contribution in [0.2, 0.25) is 0 Å². The van der Waals surface area contributed by atoms with E-state index >= 15 is 0 Å². The maximum absolute atomic E-state index is 12.9. The topological polar surface area (TPSA) is 137 Å². The van der Waals surface area contributed by atoms with Crippen molar-refractivity contribution in [2.45, 2.75) is 49.4 Å². The Morgan fingerprint density at radius 1 is 0.727 bits per heavy atom. The summed E-state index contributed by atoms with van der Waals surface area (Å²) in [6, 6.07) is 33.2. The van der Waals surface area contributed by atoms with Crippen molar-refractivity contribution in [3.05, 3.63) is 142 Å². The minimum atomic E-state index is -3.97. The Labute approximate surface area is 257 Å². The molecule has 0 bridgehead atoms. The number of hydrogen-bond acceptors (Lipinski definition) is 8. The molecule has 0 heterocycles. The predicted molar refractivity (Wildman–Crippen MR) is 165 cm³/mol. The number of nitro benzene ring substituents is 1. The smallest absolute Gasteiger partial charge is 0.269 e. The van der Waals surface area contributed by atoms with E-state index < -0.39 is 33.3 Å². The predicted octanol–water partition coefficient (Wildman–Crippen LogP) is 5.01. The minimum Gasteiger partial charge on any atom is -0.388 e. The van der Waals surface area contributed by atoms with Gasteiger partial charge in [-0.05, 0) is 35.2 Å². The zero-order valence-electron chi connectivity index (χ0n) is 24.1. The molecule has 44 heavy (non-hydrogen) atoms. The first-order chi connectivity index (χ1) is 21.3. The first kappa shape index (κ1) is 32.9. The number of nitrogens with one attached hydrogen (secondary N) is 1. The van der Waals surface area contributed by atoms with Crippen LogP contribution < -0.4 is 4.72 Å². The van der Waals surface area contributed by atoms with Crippen LogP contribution in [-0.4, -0.2) is 49.9 Å². The summed E-state index contributed by atoms with van der Waals surface area (Å²) in [5.74, 6) is 0. The molecule has 0 spiro atoms. The lowest BCUT2D eigenvalue weighted by Crippen LogP contribution is -2.45. The summed E-state index contributed by atoms with van der Waals surface area (Å²) in [4.78, 5) is 10.3. The van der Waals surface area contributed by atoms with Gasteiger partial charge in [0.25, 0.3) is 5.69 Å². The highest BCUT2D eigenvalue weighted by Gasteiger charge is 2.31. The Morgan fingerprint density at radius 3 is 1.75 bits per heavy atom. The average Bonchev–Trinajstić information content (AvgIpc) is 3.05. The quantitative estimate of drug-likeness (QED) is 0.117. The molecule has 0 unspecified atom stereocenters. The van der Waals surface area contributed by atoms with E-state index in [2.05, 4.69) is 4.72 Å². The Morgan fingerprint density at radius 2 is 1.23 bits per heavy atom. The van der Waals surface area contributed by atoms with Gasteiger partial charge in [0.2, 0.25) is 10.0 Å². The van der Waals surface area contributed by atoms with Crippen LogP contribution in [0.5, 0.6) is 0 Å². The standard InChI is InChI=1S/C33H36N2O8S/c36-31(25-41-22-26-10-4-1-5-11-26)33(43-24-28-14-8-3-9-15-28)32(42-23-27-12-6-2-7-13-27)20-21-34-44(39,40)30-18-16-29(17-19-30)35(37)38/h1-19,31-34,36H,20-25H2/t31-,32-,33-/m1/s1. The number of aliphatic hydroxyl groups is 1. The maximum atomic E-state index is 12.9. The number of aliphatic hydroxyl groups excluding tert-OH is 1. The number of benzene rings is 4. The molecule has 3 atom stereocenters. The summed E-state index contributed by atoms with van der Waals surface area (Å²) in [5.41, 5.74) is 2.55. The molecule has 0 saturated carbocycles. The molecular formula is C33H36N2O8S. The molecule has 4 rings (SSSR count). The van der Waals surface area contributed by atoms with Crippen molar-refractivity contribution < 1.29 is 32.7 Å². The zero-order valence-corrected chi connectivity index (χ0v) is 24.9. The summed E-state index contributed by atoms with van der Waals surface area (Å²) < 4.78 is 46.8. The van der Waals surface area contributed by atoms with Gasteiger partial charge >= 0.3 is 0 Å². The van der Waals surface area contributed by atoms with E-state index in [0.717, 1.165) is 28.8 Å². The fraction of sp³-hybridized carbons (Fsp3) is 0.273. The lowest BCUT2D eigenvalue weighted by molar-refractivity contribution is -0.384. The number of rotatable bonds is 18. The molecule has 4 aromatic rings. The van der Waals surface area contributed by atoms with Crippen LogP contribution in [0.25, 0.3) is 0 Å². The molecule has 0 fully saturated rings. The molecule has 0 aliphatic heterocycles. The number of hydrogen-bond donors (Lipinski definition) is 2. The molecule has 0 aromatic heterocycles. The molecule has 0 aliphatic carbocycles. The first-order valence-electron chi connectivity index (χ1n) is 14.2. The molecule has 2 N–H and O–H groups in total. The molecule has 0 radical (unpaired) electrons. The average molecular weight is 621 g/mol. The second-order valence-electron chi connectivity index (χ2n) is 10.1. The van der Waals surface area contributed by atoms with Crippen molar-refractivity contribution in [2.75, 3.05) is 13.2 Å². The molecule has 0 aliphatic rings. The molecule has 10 nitrogen and oxygen atoms in total. The van der Waals surface area contributed by atoms with Gasteiger partial charge in [0.1, 0.15) is 12.2 Å². The summed E-state index contributed by atoms with van der Waals surface area (Å²) in [6.07, 6.45) is -2.52. The Balaban J connectivity index is 1.48. The van der Waals surface area contributed by atoms with Gasteiger partial charge in [0, 0.05) is 18.7 Å². The van der Waals surface area contributed by atoms with Gasteiger partial charge < -0.3 is 19.3 Å². The van der Waals surface area contributed by atoms with E-state index in [1.54, 1.807) is 0 Å². The fourth-order valence-corrected chi connectivity index (χ4v) is 5.53. The number of nitrogens with zero attached hydrogens (tertiary/aromatic N) is 1. The fourth-order valence-electron chi connectivity index (χ4n) is 4.49. The van der Waals surface area contributed by atoms with Gasteiger partial charge in [-0.2, -0.15) is 0 Å². The summed E-state index contributed by atoms with van der Waals surface area (Å²) in [7, 11) is -3.97. The van der Waals surface area contributed by atoms with Crippen molar-refractivity contribution >= 4 is 15.7 Å². The van der Waals surface area contributed by atoms with Crippen LogP contribution in [0.15, 0.2) is 120 Å². The zero-order chi connectivity index (χ0) is 31.2.